The van der Waals surface area contributed by atoms with Crippen molar-refractivity contribution in [3.63, 3.8) is 0 Å². The minimum absolute atomic E-state index is 0.455. The summed E-state index contributed by atoms with van der Waals surface area (Å²) in [5.74, 6) is 0. The van der Waals surface area contributed by atoms with Crippen LogP contribution in [-0.2, 0) is 5.41 Å². The molecule has 0 unspecified atom stereocenters. The summed E-state index contributed by atoms with van der Waals surface area (Å²) >= 11 is 0. The number of furan rings is 2. The summed E-state index contributed by atoms with van der Waals surface area (Å²) in [6, 6.07) is 63.6. The zero-order valence-corrected chi connectivity index (χ0v) is 28.0. The summed E-state index contributed by atoms with van der Waals surface area (Å²) in [5, 5.41) is 4.34. The third-order valence-corrected chi connectivity index (χ3v) is 11.5. The number of hydrogen-bond donors (Lipinski definition) is 0. The van der Waals surface area contributed by atoms with Gasteiger partial charge < -0.3 is 13.7 Å². The molecule has 0 amide bonds. The first-order valence-electron chi connectivity index (χ1n) is 17.9. The lowest BCUT2D eigenvalue weighted by Crippen LogP contribution is -2.26. The average Bonchev–Trinajstić information content (AvgIpc) is 3.94. The monoisotopic (exact) mass is 663 g/mol. The first kappa shape index (κ1) is 27.9. The minimum atomic E-state index is -0.455. The normalized spacial score (nSPS) is 13.5. The number of benzene rings is 8. The van der Waals surface area contributed by atoms with Crippen molar-refractivity contribution in [1.29, 1.82) is 0 Å². The van der Waals surface area contributed by atoms with Crippen molar-refractivity contribution in [3.05, 3.63) is 198 Å². The maximum absolute atomic E-state index is 6.48. The van der Waals surface area contributed by atoms with E-state index in [0.717, 1.165) is 60.9 Å². The molecule has 3 heteroatoms. The Kier molecular flexibility index (Phi) is 5.43. The van der Waals surface area contributed by atoms with Gasteiger partial charge in [-0.1, -0.05) is 127 Å². The van der Waals surface area contributed by atoms with Crippen molar-refractivity contribution in [2.24, 2.45) is 0 Å². The van der Waals surface area contributed by atoms with Crippen LogP contribution in [-0.4, -0.2) is 0 Å². The SMILES string of the molecule is c1ccc2c(c1)-c1ccccc1C21c2ccccc2-c2ccc(N(c3cccc4oc5ccccc5c34)c3cccc4oc5ccccc5c34)cc21. The van der Waals surface area contributed by atoms with E-state index < -0.39 is 5.41 Å². The van der Waals surface area contributed by atoms with Gasteiger partial charge in [0.2, 0.25) is 0 Å². The molecule has 12 rings (SSSR count). The van der Waals surface area contributed by atoms with Crippen LogP contribution in [0.3, 0.4) is 0 Å². The topological polar surface area (TPSA) is 29.5 Å². The molecule has 10 aromatic rings. The van der Waals surface area contributed by atoms with Crippen molar-refractivity contribution in [1.82, 2.24) is 0 Å². The predicted octanol–water partition coefficient (Wildman–Crippen LogP) is 13.3. The molecule has 52 heavy (non-hydrogen) atoms. The van der Waals surface area contributed by atoms with E-state index in [0.29, 0.717) is 0 Å². The molecule has 1 spiro atoms. The van der Waals surface area contributed by atoms with Crippen molar-refractivity contribution in [2.45, 2.75) is 5.41 Å². The number of fused-ring (bicyclic) bond motifs is 16. The van der Waals surface area contributed by atoms with E-state index in [2.05, 4.69) is 169 Å². The summed E-state index contributed by atoms with van der Waals surface area (Å²) in [5.41, 5.74) is 16.6. The molecule has 0 aliphatic heterocycles. The molecule has 242 valence electrons. The van der Waals surface area contributed by atoms with Crippen molar-refractivity contribution >= 4 is 60.9 Å². The van der Waals surface area contributed by atoms with Gasteiger partial charge in [-0.3, -0.25) is 0 Å². The van der Waals surface area contributed by atoms with Crippen molar-refractivity contribution < 1.29 is 8.83 Å². The Morgan fingerprint density at radius 1 is 0.346 bits per heavy atom. The van der Waals surface area contributed by atoms with E-state index in [9.17, 15) is 0 Å². The van der Waals surface area contributed by atoms with Gasteiger partial charge in [0.1, 0.15) is 22.3 Å². The van der Waals surface area contributed by atoms with E-state index in [1.165, 1.54) is 44.5 Å². The molecule has 0 fully saturated rings. The molecule has 2 aliphatic rings. The maximum Gasteiger partial charge on any atom is 0.137 e. The molecule has 2 aromatic heterocycles. The summed E-state index contributed by atoms with van der Waals surface area (Å²) in [4.78, 5) is 2.43. The lowest BCUT2D eigenvalue weighted by atomic mass is 9.70. The van der Waals surface area contributed by atoms with Gasteiger partial charge in [-0.25, -0.2) is 0 Å². The number of hydrogen-bond acceptors (Lipinski definition) is 3. The molecule has 8 aromatic carbocycles. The molecule has 0 bridgehead atoms. The molecule has 0 saturated carbocycles. The van der Waals surface area contributed by atoms with Gasteiger partial charge in [0, 0.05) is 16.5 Å². The molecule has 2 aliphatic carbocycles. The Labute approximate surface area is 299 Å². The fourth-order valence-electron chi connectivity index (χ4n) is 9.51. The number of anilines is 3. The maximum atomic E-state index is 6.48. The highest BCUT2D eigenvalue weighted by Crippen LogP contribution is 2.63. The third-order valence-electron chi connectivity index (χ3n) is 11.5. The van der Waals surface area contributed by atoms with E-state index in [-0.39, 0.29) is 0 Å². The van der Waals surface area contributed by atoms with Crippen molar-refractivity contribution in [3.8, 4) is 22.3 Å². The van der Waals surface area contributed by atoms with Crippen LogP contribution in [0.15, 0.2) is 185 Å². The molecule has 0 N–H and O–H groups in total. The molecule has 2 heterocycles. The Morgan fingerprint density at radius 2 is 0.769 bits per heavy atom. The predicted molar refractivity (Wildman–Crippen MR) is 212 cm³/mol. The van der Waals surface area contributed by atoms with E-state index in [1.54, 1.807) is 0 Å². The van der Waals surface area contributed by atoms with Crippen LogP contribution in [0, 0.1) is 0 Å². The zero-order chi connectivity index (χ0) is 34.0. The van der Waals surface area contributed by atoms with Gasteiger partial charge in [0.15, 0.2) is 0 Å². The minimum Gasteiger partial charge on any atom is -0.456 e. The van der Waals surface area contributed by atoms with Gasteiger partial charge in [-0.15, -0.1) is 0 Å². The highest BCUT2D eigenvalue weighted by Gasteiger charge is 2.51. The molecule has 3 nitrogen and oxygen atoms in total. The van der Waals surface area contributed by atoms with Crippen LogP contribution >= 0.6 is 0 Å². The average molecular weight is 664 g/mol. The smallest absolute Gasteiger partial charge is 0.137 e. The second-order valence-corrected chi connectivity index (χ2v) is 13.9. The van der Waals surface area contributed by atoms with Gasteiger partial charge in [0.25, 0.3) is 0 Å². The fraction of sp³-hybridized carbons (Fsp3) is 0.0204. The van der Waals surface area contributed by atoms with E-state index in [4.69, 9.17) is 8.83 Å². The van der Waals surface area contributed by atoms with Crippen LogP contribution in [0.5, 0.6) is 0 Å². The van der Waals surface area contributed by atoms with Crippen LogP contribution in [0.2, 0.25) is 0 Å². The number of para-hydroxylation sites is 2. The second kappa shape index (κ2) is 10.1. The Balaban J connectivity index is 1.21. The van der Waals surface area contributed by atoms with Crippen LogP contribution in [0.4, 0.5) is 17.1 Å². The Bertz CT molecular complexity index is 2930. The summed E-state index contributed by atoms with van der Waals surface area (Å²) in [6.07, 6.45) is 0. The summed E-state index contributed by atoms with van der Waals surface area (Å²) < 4.78 is 13.0. The first-order chi connectivity index (χ1) is 25.8. The van der Waals surface area contributed by atoms with Crippen molar-refractivity contribution in [2.75, 3.05) is 4.90 Å². The summed E-state index contributed by atoms with van der Waals surface area (Å²) in [7, 11) is 0. The lowest BCUT2D eigenvalue weighted by molar-refractivity contribution is 0.668. The molecule has 0 saturated heterocycles. The van der Waals surface area contributed by atoms with Gasteiger partial charge >= 0.3 is 0 Å². The highest BCUT2D eigenvalue weighted by atomic mass is 16.3. The largest absolute Gasteiger partial charge is 0.456 e. The fourth-order valence-corrected chi connectivity index (χ4v) is 9.51. The van der Waals surface area contributed by atoms with Crippen LogP contribution in [0.1, 0.15) is 22.3 Å². The van der Waals surface area contributed by atoms with Gasteiger partial charge in [0.05, 0.1) is 27.6 Å². The van der Waals surface area contributed by atoms with E-state index >= 15 is 0 Å². The summed E-state index contributed by atoms with van der Waals surface area (Å²) in [6.45, 7) is 0. The highest BCUT2D eigenvalue weighted by molar-refractivity contribution is 6.18. The Hall–Kier alpha value is -6.84. The van der Waals surface area contributed by atoms with Gasteiger partial charge in [-0.05, 0) is 93.0 Å². The number of nitrogens with zero attached hydrogens (tertiary/aromatic N) is 1. The standard InChI is InChI=1S/C49H29NO2/c1-6-18-37-31(13-1)32-14-2-7-19-38(32)49(37)39-20-8-3-15-33(39)34-28-27-30(29-40(34)49)50(41-21-11-25-45-47(41)35-16-4-9-23-43(35)51-45)42-22-12-26-46-48(42)36-17-5-10-24-44(36)52-46/h1-29H. The molecular formula is C49H29NO2. The molecular weight excluding hydrogens is 635 g/mol. The molecule has 0 atom stereocenters. The second-order valence-electron chi connectivity index (χ2n) is 13.9. The first-order valence-corrected chi connectivity index (χ1v) is 17.9. The van der Waals surface area contributed by atoms with Crippen LogP contribution < -0.4 is 4.90 Å². The lowest BCUT2D eigenvalue weighted by Gasteiger charge is -2.32. The molecule has 0 radical (unpaired) electrons. The third kappa shape index (κ3) is 3.45. The number of rotatable bonds is 3. The zero-order valence-electron chi connectivity index (χ0n) is 28.0. The quantitative estimate of drug-likeness (QED) is 0.188. The van der Waals surface area contributed by atoms with Crippen LogP contribution in [0.25, 0.3) is 66.1 Å². The van der Waals surface area contributed by atoms with Gasteiger partial charge in [-0.2, -0.15) is 0 Å². The Morgan fingerprint density at radius 3 is 1.29 bits per heavy atom. The van der Waals surface area contributed by atoms with E-state index in [1.807, 2.05) is 12.1 Å².